The van der Waals surface area contributed by atoms with Crippen molar-refractivity contribution in [3.63, 3.8) is 0 Å². The summed E-state index contributed by atoms with van der Waals surface area (Å²) >= 11 is 5.14. The van der Waals surface area contributed by atoms with Crippen LogP contribution in [0.3, 0.4) is 0 Å². The molecule has 0 spiro atoms. The van der Waals surface area contributed by atoms with Gasteiger partial charge >= 0.3 is 0 Å². The molecule has 0 saturated carbocycles. The number of phenols is 2. The van der Waals surface area contributed by atoms with Gasteiger partial charge < -0.3 is 10.2 Å². The van der Waals surface area contributed by atoms with Gasteiger partial charge in [0.1, 0.15) is 17.2 Å². The van der Waals surface area contributed by atoms with Gasteiger partial charge in [0.15, 0.2) is 0 Å². The summed E-state index contributed by atoms with van der Waals surface area (Å²) in [5.74, 6) is 0.349. The Labute approximate surface area is 130 Å². The molecule has 0 aliphatic carbocycles. The average Bonchev–Trinajstić information content (AvgIpc) is 2.88. The van der Waals surface area contributed by atoms with Crippen LogP contribution in [-0.2, 0) is 0 Å². The van der Waals surface area contributed by atoms with E-state index in [0.717, 1.165) is 0 Å². The standard InChI is InChI=1S/C14H11N5O2S/c20-10-5-4-9(12(21)7-10)8-16-19-13(17-18-14(19)22)11-3-1-2-6-15-11/h1-8,20-21H,(H,18,22). The maximum atomic E-state index is 9.75. The van der Waals surface area contributed by atoms with Crippen LogP contribution in [0.4, 0.5) is 0 Å². The summed E-state index contributed by atoms with van der Waals surface area (Å²) < 4.78 is 1.71. The highest BCUT2D eigenvalue weighted by atomic mass is 32.1. The molecular weight excluding hydrogens is 302 g/mol. The number of aromatic nitrogens is 4. The Hall–Kier alpha value is -3.00. The largest absolute Gasteiger partial charge is 0.508 e. The van der Waals surface area contributed by atoms with Crippen molar-refractivity contribution in [2.24, 2.45) is 5.10 Å². The molecule has 0 saturated heterocycles. The van der Waals surface area contributed by atoms with E-state index in [0.29, 0.717) is 21.9 Å². The Kier molecular flexibility index (Phi) is 3.67. The molecule has 2 heterocycles. The van der Waals surface area contributed by atoms with Crippen molar-refractivity contribution >= 4 is 18.4 Å². The van der Waals surface area contributed by atoms with E-state index in [9.17, 15) is 10.2 Å². The van der Waals surface area contributed by atoms with Crippen molar-refractivity contribution in [1.29, 1.82) is 0 Å². The second-order valence-electron chi connectivity index (χ2n) is 4.37. The minimum absolute atomic E-state index is 0.0243. The monoisotopic (exact) mass is 313 g/mol. The quantitative estimate of drug-likeness (QED) is 0.509. The molecule has 3 N–H and O–H groups in total. The third-order valence-corrected chi connectivity index (χ3v) is 3.13. The van der Waals surface area contributed by atoms with Crippen LogP contribution in [0.15, 0.2) is 47.7 Å². The Balaban J connectivity index is 2.01. The van der Waals surface area contributed by atoms with Crippen LogP contribution in [0.25, 0.3) is 11.5 Å². The topological polar surface area (TPSA) is 99.3 Å². The van der Waals surface area contributed by atoms with Crippen molar-refractivity contribution in [2.45, 2.75) is 0 Å². The van der Waals surface area contributed by atoms with Crippen LogP contribution < -0.4 is 0 Å². The van der Waals surface area contributed by atoms with E-state index in [-0.39, 0.29) is 11.5 Å². The number of benzene rings is 1. The van der Waals surface area contributed by atoms with Gasteiger partial charge in [-0.15, -0.1) is 0 Å². The van der Waals surface area contributed by atoms with E-state index in [1.165, 1.54) is 29.1 Å². The lowest BCUT2D eigenvalue weighted by atomic mass is 10.2. The molecule has 2 aromatic heterocycles. The molecule has 0 bridgehead atoms. The summed E-state index contributed by atoms with van der Waals surface area (Å²) in [6.07, 6.45) is 3.07. The Morgan fingerprint density at radius 2 is 2.09 bits per heavy atom. The number of nitrogens with one attached hydrogen (secondary N) is 1. The number of rotatable bonds is 3. The second-order valence-corrected chi connectivity index (χ2v) is 4.75. The van der Waals surface area contributed by atoms with Gasteiger partial charge in [0.2, 0.25) is 10.6 Å². The molecule has 3 aromatic rings. The molecule has 7 nitrogen and oxygen atoms in total. The fourth-order valence-corrected chi connectivity index (χ4v) is 2.00. The van der Waals surface area contributed by atoms with E-state index >= 15 is 0 Å². The Bertz CT molecular complexity index is 886. The molecule has 0 radical (unpaired) electrons. The van der Waals surface area contributed by atoms with Crippen LogP contribution in [0, 0.1) is 4.77 Å². The Morgan fingerprint density at radius 1 is 1.23 bits per heavy atom. The molecule has 0 atom stereocenters. The molecule has 1 aromatic carbocycles. The summed E-state index contributed by atoms with van der Waals surface area (Å²) in [4.78, 5) is 4.20. The van der Waals surface area contributed by atoms with Gasteiger partial charge in [-0.2, -0.15) is 14.9 Å². The summed E-state index contributed by atoms with van der Waals surface area (Å²) in [5, 5.41) is 30.0. The minimum atomic E-state index is -0.0850. The zero-order valence-electron chi connectivity index (χ0n) is 11.2. The van der Waals surface area contributed by atoms with Crippen LogP contribution in [0.1, 0.15) is 5.56 Å². The third kappa shape index (κ3) is 2.72. The maximum absolute atomic E-state index is 9.75. The van der Waals surface area contributed by atoms with Gasteiger partial charge in [0, 0.05) is 17.8 Å². The molecule has 22 heavy (non-hydrogen) atoms. The number of aromatic hydroxyl groups is 2. The smallest absolute Gasteiger partial charge is 0.216 e. The zero-order chi connectivity index (χ0) is 15.5. The molecular formula is C14H11N5O2S. The van der Waals surface area contributed by atoms with E-state index in [4.69, 9.17) is 12.2 Å². The van der Waals surface area contributed by atoms with Crippen LogP contribution in [0.2, 0.25) is 0 Å². The highest BCUT2D eigenvalue weighted by Gasteiger charge is 2.09. The molecule has 110 valence electrons. The lowest BCUT2D eigenvalue weighted by Gasteiger charge is -2.01. The van der Waals surface area contributed by atoms with Gasteiger partial charge in [-0.3, -0.25) is 4.98 Å². The number of H-pyrrole nitrogens is 1. The fourth-order valence-electron chi connectivity index (χ4n) is 1.82. The van der Waals surface area contributed by atoms with E-state index in [1.54, 1.807) is 18.3 Å². The SMILES string of the molecule is Oc1ccc(C=Nn2c(-c3ccccn3)n[nH]c2=S)c(O)c1. The van der Waals surface area contributed by atoms with Gasteiger partial charge in [-0.25, -0.2) is 5.10 Å². The highest BCUT2D eigenvalue weighted by Crippen LogP contribution is 2.21. The molecule has 0 aliphatic heterocycles. The predicted molar refractivity (Wildman–Crippen MR) is 83.4 cm³/mol. The molecule has 0 aliphatic rings. The number of hydrogen-bond acceptors (Lipinski definition) is 6. The van der Waals surface area contributed by atoms with Gasteiger partial charge in [-0.05, 0) is 36.5 Å². The summed E-state index contributed by atoms with van der Waals surface area (Å²) in [7, 11) is 0. The summed E-state index contributed by atoms with van der Waals surface area (Å²) in [6, 6.07) is 9.64. The normalized spacial score (nSPS) is 11.1. The third-order valence-electron chi connectivity index (χ3n) is 2.87. The predicted octanol–water partition coefficient (Wildman–Crippen LogP) is 2.30. The first-order chi connectivity index (χ1) is 10.6. The first-order valence-corrected chi connectivity index (χ1v) is 6.71. The molecule has 0 fully saturated rings. The first kappa shape index (κ1) is 14.0. The molecule has 3 rings (SSSR count). The summed E-state index contributed by atoms with van der Waals surface area (Å²) in [5.41, 5.74) is 1.05. The number of nitrogens with zero attached hydrogens (tertiary/aromatic N) is 4. The number of pyridine rings is 1. The minimum Gasteiger partial charge on any atom is -0.508 e. The van der Waals surface area contributed by atoms with E-state index in [1.807, 2.05) is 6.07 Å². The van der Waals surface area contributed by atoms with Gasteiger partial charge in [-0.1, -0.05) is 6.07 Å². The van der Waals surface area contributed by atoms with E-state index < -0.39 is 0 Å². The van der Waals surface area contributed by atoms with Crippen LogP contribution in [0.5, 0.6) is 11.5 Å². The van der Waals surface area contributed by atoms with Crippen molar-refractivity contribution in [3.8, 4) is 23.0 Å². The van der Waals surface area contributed by atoms with Gasteiger partial charge in [0.05, 0.1) is 6.21 Å². The zero-order valence-corrected chi connectivity index (χ0v) is 12.0. The van der Waals surface area contributed by atoms with Crippen LogP contribution >= 0.6 is 12.2 Å². The van der Waals surface area contributed by atoms with Crippen molar-refractivity contribution in [2.75, 3.05) is 0 Å². The average molecular weight is 313 g/mol. The van der Waals surface area contributed by atoms with Crippen molar-refractivity contribution in [1.82, 2.24) is 19.9 Å². The van der Waals surface area contributed by atoms with Crippen LogP contribution in [-0.4, -0.2) is 36.3 Å². The van der Waals surface area contributed by atoms with Gasteiger partial charge in [0.25, 0.3) is 0 Å². The molecule has 8 heteroatoms. The van der Waals surface area contributed by atoms with Crippen molar-refractivity contribution < 1.29 is 10.2 Å². The number of hydrogen-bond donors (Lipinski definition) is 3. The second kappa shape index (κ2) is 5.78. The lowest BCUT2D eigenvalue weighted by Crippen LogP contribution is -1.96. The number of aromatic amines is 1. The van der Waals surface area contributed by atoms with E-state index in [2.05, 4.69) is 20.3 Å². The Morgan fingerprint density at radius 3 is 2.82 bits per heavy atom. The van der Waals surface area contributed by atoms with Crippen molar-refractivity contribution in [3.05, 3.63) is 52.9 Å². The maximum Gasteiger partial charge on any atom is 0.216 e. The fraction of sp³-hybridized carbons (Fsp3) is 0. The molecule has 0 amide bonds. The lowest BCUT2D eigenvalue weighted by molar-refractivity contribution is 0.450. The summed E-state index contributed by atoms with van der Waals surface area (Å²) in [6.45, 7) is 0. The molecule has 0 unspecified atom stereocenters. The number of phenolic OH excluding ortho intramolecular Hbond substituents is 2. The first-order valence-electron chi connectivity index (χ1n) is 6.30. The highest BCUT2D eigenvalue weighted by molar-refractivity contribution is 7.71.